The maximum Gasteiger partial charge on any atom is 0.337 e. The van der Waals surface area contributed by atoms with Gasteiger partial charge in [0.2, 0.25) is 0 Å². The Labute approximate surface area is 132 Å². The van der Waals surface area contributed by atoms with Crippen molar-refractivity contribution in [2.45, 2.75) is 0 Å². The molecular weight excluding hydrogens is 311 g/mol. The van der Waals surface area contributed by atoms with E-state index in [1.54, 1.807) is 24.3 Å². The molecule has 0 aliphatic rings. The van der Waals surface area contributed by atoms with Crippen LogP contribution >= 0.6 is 11.6 Å². The molecule has 0 amide bonds. The summed E-state index contributed by atoms with van der Waals surface area (Å²) in [5.41, 5.74) is 0.405. The van der Waals surface area contributed by atoms with Crippen LogP contribution in [0.15, 0.2) is 42.5 Å². The smallest absolute Gasteiger partial charge is 0.337 e. The molecule has 22 heavy (non-hydrogen) atoms. The minimum atomic E-state index is -0.431. The minimum Gasteiger partial charge on any atom is -0.490 e. The van der Waals surface area contributed by atoms with E-state index < -0.39 is 11.8 Å². The molecule has 2 aromatic rings. The van der Waals surface area contributed by atoms with Crippen LogP contribution < -0.4 is 9.47 Å². The number of methoxy groups -OCH3 is 1. The molecule has 0 unspecified atom stereocenters. The number of hydrogen-bond donors (Lipinski definition) is 0. The summed E-state index contributed by atoms with van der Waals surface area (Å²) < 4.78 is 28.4. The van der Waals surface area contributed by atoms with Crippen molar-refractivity contribution in [2.75, 3.05) is 20.3 Å². The fourth-order valence-corrected chi connectivity index (χ4v) is 1.96. The number of carbonyl (C=O) groups is 1. The first-order chi connectivity index (χ1) is 10.6. The molecule has 0 aliphatic carbocycles. The zero-order chi connectivity index (χ0) is 15.9. The fraction of sp³-hybridized carbons (Fsp3) is 0.188. The molecule has 0 aliphatic heterocycles. The minimum absolute atomic E-state index is 0.202. The molecule has 0 saturated heterocycles. The second kappa shape index (κ2) is 7.66. The number of benzene rings is 2. The van der Waals surface area contributed by atoms with Crippen molar-refractivity contribution in [2.24, 2.45) is 0 Å². The highest BCUT2D eigenvalue weighted by Gasteiger charge is 2.06. The first-order valence-electron chi connectivity index (χ1n) is 6.49. The molecule has 6 heteroatoms. The van der Waals surface area contributed by atoms with Crippen molar-refractivity contribution in [1.82, 2.24) is 0 Å². The second-order valence-electron chi connectivity index (χ2n) is 4.29. The molecule has 2 aromatic carbocycles. The van der Waals surface area contributed by atoms with Crippen LogP contribution in [-0.4, -0.2) is 26.3 Å². The van der Waals surface area contributed by atoms with E-state index in [1.165, 1.54) is 25.3 Å². The second-order valence-corrected chi connectivity index (χ2v) is 4.70. The van der Waals surface area contributed by atoms with Gasteiger partial charge in [-0.2, -0.15) is 0 Å². The van der Waals surface area contributed by atoms with Crippen LogP contribution in [0.2, 0.25) is 5.02 Å². The van der Waals surface area contributed by atoms with Crippen LogP contribution in [0.3, 0.4) is 0 Å². The topological polar surface area (TPSA) is 44.8 Å². The summed E-state index contributed by atoms with van der Waals surface area (Å²) in [6, 6.07) is 10.5. The molecule has 0 bridgehead atoms. The van der Waals surface area contributed by atoms with Crippen LogP contribution in [0.25, 0.3) is 0 Å². The third-order valence-electron chi connectivity index (χ3n) is 2.76. The largest absolute Gasteiger partial charge is 0.490 e. The monoisotopic (exact) mass is 324 g/mol. The number of esters is 1. The van der Waals surface area contributed by atoms with Gasteiger partial charge in [0.15, 0.2) is 0 Å². The molecule has 2 rings (SSSR count). The van der Waals surface area contributed by atoms with Gasteiger partial charge in [0, 0.05) is 0 Å². The quantitative estimate of drug-likeness (QED) is 0.600. The Bertz CT molecular complexity index is 660. The Morgan fingerprint density at radius 1 is 1.14 bits per heavy atom. The van der Waals surface area contributed by atoms with Crippen molar-refractivity contribution in [3.8, 4) is 11.5 Å². The molecule has 0 heterocycles. The molecule has 0 radical (unpaired) electrons. The Kier molecular flexibility index (Phi) is 5.61. The normalized spacial score (nSPS) is 10.1. The lowest BCUT2D eigenvalue weighted by Gasteiger charge is -2.10. The van der Waals surface area contributed by atoms with Crippen LogP contribution in [0.5, 0.6) is 11.5 Å². The first kappa shape index (κ1) is 16.1. The van der Waals surface area contributed by atoms with Gasteiger partial charge in [-0.15, -0.1) is 0 Å². The molecule has 0 atom stereocenters. The summed E-state index contributed by atoms with van der Waals surface area (Å²) in [6.07, 6.45) is 0. The lowest BCUT2D eigenvalue weighted by molar-refractivity contribution is 0.0600. The van der Waals surface area contributed by atoms with E-state index in [0.717, 1.165) is 0 Å². The van der Waals surface area contributed by atoms with Gasteiger partial charge in [0.25, 0.3) is 0 Å². The average Bonchev–Trinajstić information content (AvgIpc) is 2.52. The predicted molar refractivity (Wildman–Crippen MR) is 80.2 cm³/mol. The number of ether oxygens (including phenoxy) is 3. The predicted octanol–water partition coefficient (Wildman–Crippen LogP) is 3.72. The van der Waals surface area contributed by atoms with Crippen molar-refractivity contribution in [3.05, 3.63) is 58.9 Å². The van der Waals surface area contributed by atoms with E-state index in [1.807, 2.05) is 0 Å². The number of halogens is 2. The van der Waals surface area contributed by atoms with E-state index in [9.17, 15) is 9.18 Å². The summed E-state index contributed by atoms with van der Waals surface area (Å²) in [4.78, 5) is 11.4. The Balaban J connectivity index is 1.85. The Morgan fingerprint density at radius 2 is 1.91 bits per heavy atom. The highest BCUT2D eigenvalue weighted by molar-refractivity contribution is 6.32. The van der Waals surface area contributed by atoms with Gasteiger partial charge in [0.05, 0.1) is 17.7 Å². The molecule has 0 fully saturated rings. The van der Waals surface area contributed by atoms with Crippen LogP contribution in [0.1, 0.15) is 10.4 Å². The Morgan fingerprint density at radius 3 is 2.64 bits per heavy atom. The number of rotatable bonds is 6. The highest BCUT2D eigenvalue weighted by Crippen LogP contribution is 2.24. The third-order valence-corrected chi connectivity index (χ3v) is 3.05. The average molecular weight is 325 g/mol. The van der Waals surface area contributed by atoms with Crippen LogP contribution in [-0.2, 0) is 4.74 Å². The van der Waals surface area contributed by atoms with Gasteiger partial charge in [-0.1, -0.05) is 17.7 Å². The van der Waals surface area contributed by atoms with Gasteiger partial charge in [0.1, 0.15) is 30.5 Å². The molecular formula is C16H14ClFO4. The van der Waals surface area contributed by atoms with Gasteiger partial charge in [-0.3, -0.25) is 0 Å². The summed E-state index contributed by atoms with van der Waals surface area (Å²) in [6.45, 7) is 0.478. The van der Waals surface area contributed by atoms with Crippen molar-refractivity contribution < 1.29 is 23.4 Å². The third kappa shape index (κ3) is 4.36. The summed E-state index contributed by atoms with van der Waals surface area (Å²) in [7, 11) is 1.32. The maximum absolute atomic E-state index is 12.9. The molecule has 4 nitrogen and oxygen atoms in total. The molecule has 0 aromatic heterocycles. The summed E-state index contributed by atoms with van der Waals surface area (Å²) in [5, 5.41) is 0.202. The van der Waals surface area contributed by atoms with Crippen molar-refractivity contribution in [1.29, 1.82) is 0 Å². The van der Waals surface area contributed by atoms with E-state index in [4.69, 9.17) is 21.1 Å². The lowest BCUT2D eigenvalue weighted by Crippen LogP contribution is -2.10. The fourth-order valence-electron chi connectivity index (χ4n) is 1.73. The Hall–Kier alpha value is -2.27. The molecule has 116 valence electrons. The van der Waals surface area contributed by atoms with Crippen LogP contribution in [0, 0.1) is 5.82 Å². The van der Waals surface area contributed by atoms with E-state index in [2.05, 4.69) is 4.74 Å². The van der Waals surface area contributed by atoms with Gasteiger partial charge in [-0.25, -0.2) is 9.18 Å². The number of carbonyl (C=O) groups excluding carboxylic acids is 1. The van der Waals surface area contributed by atoms with Gasteiger partial charge in [-0.05, 0) is 36.4 Å². The van der Waals surface area contributed by atoms with Gasteiger partial charge >= 0.3 is 5.97 Å². The zero-order valence-electron chi connectivity index (χ0n) is 11.8. The van der Waals surface area contributed by atoms with Crippen LogP contribution in [0.4, 0.5) is 4.39 Å². The standard InChI is InChI=1S/C16H14ClFO4/c1-20-16(19)11-3-2-4-13(9-11)21-7-8-22-15-6-5-12(18)10-14(15)17/h2-6,9-10H,7-8H2,1H3. The lowest BCUT2D eigenvalue weighted by atomic mass is 10.2. The molecule has 0 spiro atoms. The van der Waals surface area contributed by atoms with Crippen molar-refractivity contribution >= 4 is 17.6 Å². The SMILES string of the molecule is COC(=O)c1cccc(OCCOc2ccc(F)cc2Cl)c1. The maximum atomic E-state index is 12.9. The highest BCUT2D eigenvalue weighted by atomic mass is 35.5. The molecule has 0 saturated carbocycles. The number of hydrogen-bond acceptors (Lipinski definition) is 4. The van der Waals surface area contributed by atoms with Gasteiger partial charge < -0.3 is 14.2 Å². The summed E-state index contributed by atoms with van der Waals surface area (Å²) >= 11 is 5.84. The molecule has 0 N–H and O–H groups in total. The van der Waals surface area contributed by atoms with Crippen molar-refractivity contribution in [3.63, 3.8) is 0 Å². The van der Waals surface area contributed by atoms with E-state index >= 15 is 0 Å². The van der Waals surface area contributed by atoms with E-state index in [0.29, 0.717) is 17.1 Å². The zero-order valence-corrected chi connectivity index (χ0v) is 12.6. The van der Waals surface area contributed by atoms with E-state index in [-0.39, 0.29) is 18.2 Å². The summed E-state index contributed by atoms with van der Waals surface area (Å²) in [5.74, 6) is 0.0553. The first-order valence-corrected chi connectivity index (χ1v) is 6.87.